The fourth-order valence-electron chi connectivity index (χ4n) is 1.49. The molecule has 0 saturated heterocycles. The van der Waals surface area contributed by atoms with Crippen molar-refractivity contribution in [3.8, 4) is 0 Å². The molecule has 0 unspecified atom stereocenters. The van der Waals surface area contributed by atoms with Crippen LogP contribution in [0.3, 0.4) is 0 Å². The maximum atomic E-state index is 13.4. The van der Waals surface area contributed by atoms with Gasteiger partial charge in [-0.3, -0.25) is 0 Å². The molecule has 0 aliphatic heterocycles. The second kappa shape index (κ2) is 7.10. The Kier molecular flexibility index (Phi) is 6.10. The molecule has 90 valence electrons. The Hall–Kier alpha value is -0.310. The third-order valence-electron chi connectivity index (χ3n) is 2.44. The molecule has 0 amide bonds. The first-order valence-corrected chi connectivity index (χ1v) is 6.23. The van der Waals surface area contributed by atoms with E-state index in [0.717, 1.165) is 19.5 Å². The summed E-state index contributed by atoms with van der Waals surface area (Å²) in [5, 5.41) is 0.583. The van der Waals surface area contributed by atoms with Gasteiger partial charge in [-0.1, -0.05) is 11.6 Å². The van der Waals surface area contributed by atoms with Crippen molar-refractivity contribution in [1.29, 1.82) is 0 Å². The normalized spacial score (nSPS) is 11.1. The fraction of sp³-hybridized carbons (Fsp3) is 0.500. The Morgan fingerprint density at radius 1 is 1.31 bits per heavy atom. The van der Waals surface area contributed by atoms with Crippen LogP contribution in [0.4, 0.5) is 4.39 Å². The third kappa shape index (κ3) is 4.69. The fourth-order valence-corrected chi connectivity index (χ4v) is 1.80. The number of halogens is 3. The smallest absolute Gasteiger partial charge is 0.126 e. The summed E-state index contributed by atoms with van der Waals surface area (Å²) in [5.74, 6) is 0.478. The molecule has 0 fully saturated rings. The predicted octanol–water partition coefficient (Wildman–Crippen LogP) is 3.58. The zero-order valence-corrected chi connectivity index (χ0v) is 10.9. The highest BCUT2D eigenvalue weighted by Gasteiger charge is 2.04. The molecule has 1 nitrogen and oxygen atoms in total. The lowest BCUT2D eigenvalue weighted by atomic mass is 10.1. The van der Waals surface area contributed by atoms with Crippen LogP contribution in [-0.2, 0) is 6.42 Å². The van der Waals surface area contributed by atoms with E-state index < -0.39 is 0 Å². The van der Waals surface area contributed by atoms with Gasteiger partial charge in [0.2, 0.25) is 0 Å². The van der Waals surface area contributed by atoms with Crippen LogP contribution in [0.2, 0.25) is 5.02 Å². The molecule has 1 aromatic rings. The largest absolute Gasteiger partial charge is 0.306 e. The van der Waals surface area contributed by atoms with Gasteiger partial charge in [-0.15, -0.1) is 11.6 Å². The van der Waals surface area contributed by atoms with Crippen molar-refractivity contribution in [2.24, 2.45) is 0 Å². The van der Waals surface area contributed by atoms with Gasteiger partial charge in [0.25, 0.3) is 0 Å². The minimum Gasteiger partial charge on any atom is -0.306 e. The van der Waals surface area contributed by atoms with Crippen molar-refractivity contribution < 1.29 is 4.39 Å². The molecule has 0 aliphatic rings. The molecule has 0 N–H and O–H groups in total. The number of alkyl halides is 1. The van der Waals surface area contributed by atoms with Crippen molar-refractivity contribution in [3.05, 3.63) is 34.6 Å². The van der Waals surface area contributed by atoms with E-state index in [0.29, 0.717) is 22.9 Å². The maximum absolute atomic E-state index is 13.4. The van der Waals surface area contributed by atoms with Crippen molar-refractivity contribution in [3.63, 3.8) is 0 Å². The third-order valence-corrected chi connectivity index (χ3v) is 2.95. The predicted molar refractivity (Wildman–Crippen MR) is 67.9 cm³/mol. The Labute approximate surface area is 106 Å². The zero-order valence-electron chi connectivity index (χ0n) is 9.35. The summed E-state index contributed by atoms with van der Waals surface area (Å²) in [7, 11) is 2.01. The van der Waals surface area contributed by atoms with E-state index in [9.17, 15) is 4.39 Å². The van der Waals surface area contributed by atoms with Crippen molar-refractivity contribution in [1.82, 2.24) is 4.90 Å². The molecule has 16 heavy (non-hydrogen) atoms. The SMILES string of the molecule is CN(CCCCl)CCc1cc(Cl)ccc1F. The summed E-state index contributed by atoms with van der Waals surface area (Å²) in [6, 6.07) is 4.67. The van der Waals surface area contributed by atoms with Crippen LogP contribution in [0.15, 0.2) is 18.2 Å². The van der Waals surface area contributed by atoms with Crippen LogP contribution in [0, 0.1) is 5.82 Å². The molecule has 0 heterocycles. The Balaban J connectivity index is 2.44. The summed E-state index contributed by atoms with van der Waals surface area (Å²) < 4.78 is 13.4. The Morgan fingerprint density at radius 2 is 2.06 bits per heavy atom. The highest BCUT2D eigenvalue weighted by molar-refractivity contribution is 6.30. The van der Waals surface area contributed by atoms with Crippen LogP contribution in [0.25, 0.3) is 0 Å². The van der Waals surface area contributed by atoms with Gasteiger partial charge in [-0.2, -0.15) is 0 Å². The highest BCUT2D eigenvalue weighted by Crippen LogP contribution is 2.15. The number of benzene rings is 1. The molecule has 0 spiro atoms. The second-order valence-electron chi connectivity index (χ2n) is 3.83. The van der Waals surface area contributed by atoms with E-state index >= 15 is 0 Å². The number of likely N-dealkylation sites (N-methyl/N-ethyl adjacent to an activating group) is 1. The minimum absolute atomic E-state index is 0.185. The molecule has 0 bridgehead atoms. The molecule has 1 rings (SSSR count). The van der Waals surface area contributed by atoms with Gasteiger partial charge in [-0.05, 0) is 50.2 Å². The highest BCUT2D eigenvalue weighted by atomic mass is 35.5. The van der Waals surface area contributed by atoms with Crippen molar-refractivity contribution >= 4 is 23.2 Å². The summed E-state index contributed by atoms with van der Waals surface area (Å²) >= 11 is 11.4. The summed E-state index contributed by atoms with van der Waals surface area (Å²) in [6.45, 7) is 1.75. The summed E-state index contributed by atoms with van der Waals surface area (Å²) in [6.07, 6.45) is 1.63. The molecule has 0 aliphatic carbocycles. The van der Waals surface area contributed by atoms with E-state index in [1.165, 1.54) is 6.07 Å². The lowest BCUT2D eigenvalue weighted by molar-refractivity contribution is 0.338. The molecule has 0 atom stereocenters. The second-order valence-corrected chi connectivity index (χ2v) is 4.65. The Morgan fingerprint density at radius 3 is 2.75 bits per heavy atom. The summed E-state index contributed by atoms with van der Waals surface area (Å²) in [4.78, 5) is 2.14. The molecule has 1 aromatic carbocycles. The van der Waals surface area contributed by atoms with Gasteiger partial charge >= 0.3 is 0 Å². The van der Waals surface area contributed by atoms with Crippen LogP contribution < -0.4 is 0 Å². The minimum atomic E-state index is -0.185. The summed E-state index contributed by atoms with van der Waals surface area (Å²) in [5.41, 5.74) is 0.672. The number of hydrogen-bond acceptors (Lipinski definition) is 1. The molecule has 0 saturated carbocycles. The standard InChI is InChI=1S/C12H16Cl2FN/c1-16(7-2-6-13)8-5-10-9-11(14)3-4-12(10)15/h3-4,9H,2,5-8H2,1H3. The maximum Gasteiger partial charge on any atom is 0.126 e. The van der Waals surface area contributed by atoms with Gasteiger partial charge in [0.05, 0.1) is 0 Å². The van der Waals surface area contributed by atoms with Crippen LogP contribution >= 0.6 is 23.2 Å². The van der Waals surface area contributed by atoms with Gasteiger partial charge in [-0.25, -0.2) is 4.39 Å². The van der Waals surface area contributed by atoms with E-state index in [1.54, 1.807) is 12.1 Å². The molecular weight excluding hydrogens is 248 g/mol. The quantitative estimate of drug-likeness (QED) is 0.710. The van der Waals surface area contributed by atoms with Crippen LogP contribution in [-0.4, -0.2) is 30.9 Å². The van der Waals surface area contributed by atoms with E-state index in [4.69, 9.17) is 23.2 Å². The van der Waals surface area contributed by atoms with Gasteiger partial charge < -0.3 is 4.90 Å². The van der Waals surface area contributed by atoms with E-state index in [1.807, 2.05) is 7.05 Å². The topological polar surface area (TPSA) is 3.24 Å². The lowest BCUT2D eigenvalue weighted by Gasteiger charge is -2.15. The lowest BCUT2D eigenvalue weighted by Crippen LogP contribution is -2.23. The van der Waals surface area contributed by atoms with Crippen molar-refractivity contribution in [2.45, 2.75) is 12.8 Å². The van der Waals surface area contributed by atoms with Crippen LogP contribution in [0.1, 0.15) is 12.0 Å². The first-order chi connectivity index (χ1) is 7.63. The first kappa shape index (κ1) is 13.8. The van der Waals surface area contributed by atoms with Crippen molar-refractivity contribution in [2.75, 3.05) is 26.0 Å². The molecule has 0 radical (unpaired) electrons. The van der Waals surface area contributed by atoms with Crippen LogP contribution in [0.5, 0.6) is 0 Å². The van der Waals surface area contributed by atoms with Gasteiger partial charge in [0, 0.05) is 17.4 Å². The number of hydrogen-bond donors (Lipinski definition) is 0. The first-order valence-electron chi connectivity index (χ1n) is 5.32. The monoisotopic (exact) mass is 263 g/mol. The molecule has 4 heteroatoms. The van der Waals surface area contributed by atoms with E-state index in [-0.39, 0.29) is 5.82 Å². The van der Waals surface area contributed by atoms with E-state index in [2.05, 4.69) is 4.90 Å². The number of rotatable bonds is 6. The zero-order chi connectivity index (χ0) is 12.0. The molecule has 0 aromatic heterocycles. The van der Waals surface area contributed by atoms with Gasteiger partial charge in [0.1, 0.15) is 5.82 Å². The van der Waals surface area contributed by atoms with Gasteiger partial charge in [0.15, 0.2) is 0 Å². The Bertz CT molecular complexity index is 331. The number of nitrogens with zero attached hydrogens (tertiary/aromatic N) is 1. The average molecular weight is 264 g/mol. The molecular formula is C12H16Cl2FN. The average Bonchev–Trinajstić information content (AvgIpc) is 2.27.